The van der Waals surface area contributed by atoms with Crippen molar-refractivity contribution >= 4 is 28.2 Å². The van der Waals surface area contributed by atoms with Gasteiger partial charge < -0.3 is 9.47 Å². The molecule has 0 aliphatic rings. The van der Waals surface area contributed by atoms with Gasteiger partial charge in [-0.25, -0.2) is 4.79 Å². The Hall–Kier alpha value is -1.36. The number of esters is 1. The molecule has 0 heterocycles. The highest BCUT2D eigenvalue weighted by molar-refractivity contribution is 9.10. The Morgan fingerprint density at radius 2 is 2.24 bits per heavy atom. The summed E-state index contributed by atoms with van der Waals surface area (Å²) < 4.78 is 10.9. The summed E-state index contributed by atoms with van der Waals surface area (Å²) in [5.41, 5.74) is 0.471. The Morgan fingerprint density at radius 3 is 2.82 bits per heavy atom. The zero-order valence-corrected chi connectivity index (χ0v) is 11.2. The number of ether oxygens (including phenoxy) is 2. The molecule has 0 aliphatic heterocycles. The van der Waals surface area contributed by atoms with Crippen molar-refractivity contribution in [2.45, 2.75) is 20.0 Å². The van der Waals surface area contributed by atoms with E-state index in [4.69, 9.17) is 9.47 Å². The van der Waals surface area contributed by atoms with E-state index < -0.39 is 12.1 Å². The molecular weight excluding hydrogens is 288 g/mol. The van der Waals surface area contributed by atoms with Crippen LogP contribution in [0.2, 0.25) is 0 Å². The fourth-order valence-electron chi connectivity index (χ4n) is 1.20. The van der Waals surface area contributed by atoms with Crippen LogP contribution in [0, 0.1) is 0 Å². The molecule has 17 heavy (non-hydrogen) atoms. The largest absolute Gasteiger partial charge is 0.479 e. The van der Waals surface area contributed by atoms with Crippen LogP contribution in [-0.4, -0.2) is 25.0 Å². The first kappa shape index (κ1) is 13.7. The van der Waals surface area contributed by atoms with Crippen LogP contribution >= 0.6 is 15.9 Å². The summed E-state index contributed by atoms with van der Waals surface area (Å²) in [6, 6.07) is 4.93. The van der Waals surface area contributed by atoms with Crippen LogP contribution in [0.25, 0.3) is 0 Å². The van der Waals surface area contributed by atoms with Gasteiger partial charge in [0.05, 0.1) is 6.61 Å². The second kappa shape index (κ2) is 6.39. The molecule has 0 amide bonds. The number of aldehydes is 1. The first-order valence-electron chi connectivity index (χ1n) is 5.16. The minimum atomic E-state index is -0.698. The van der Waals surface area contributed by atoms with Crippen LogP contribution in [0.15, 0.2) is 22.7 Å². The van der Waals surface area contributed by atoms with E-state index in [0.717, 1.165) is 0 Å². The van der Waals surface area contributed by atoms with Crippen LogP contribution in [0.5, 0.6) is 5.75 Å². The molecule has 4 nitrogen and oxygen atoms in total. The van der Waals surface area contributed by atoms with Crippen LogP contribution in [0.1, 0.15) is 24.2 Å². The third-order valence-corrected chi connectivity index (χ3v) is 2.75. The summed E-state index contributed by atoms with van der Waals surface area (Å²) in [4.78, 5) is 22.1. The highest BCUT2D eigenvalue weighted by Crippen LogP contribution is 2.22. The second-order valence-electron chi connectivity index (χ2n) is 3.31. The maximum atomic E-state index is 11.3. The van der Waals surface area contributed by atoms with Gasteiger partial charge in [0.25, 0.3) is 0 Å². The maximum Gasteiger partial charge on any atom is 0.347 e. The summed E-state index contributed by atoms with van der Waals surface area (Å²) in [6.45, 7) is 3.64. The summed E-state index contributed by atoms with van der Waals surface area (Å²) in [5.74, 6) is 0.0268. The topological polar surface area (TPSA) is 52.6 Å². The molecule has 1 aromatic carbocycles. The summed E-state index contributed by atoms with van der Waals surface area (Å²) in [6.07, 6.45) is 0.0158. The lowest BCUT2D eigenvalue weighted by Crippen LogP contribution is -2.26. The number of halogens is 1. The van der Waals surface area contributed by atoms with Gasteiger partial charge in [-0.2, -0.15) is 0 Å². The van der Waals surface area contributed by atoms with Gasteiger partial charge in [-0.3, -0.25) is 4.79 Å². The van der Waals surface area contributed by atoms with Crippen molar-refractivity contribution in [3.63, 3.8) is 0 Å². The number of benzene rings is 1. The zero-order valence-electron chi connectivity index (χ0n) is 9.60. The fraction of sp³-hybridized carbons (Fsp3) is 0.333. The Labute approximate surface area is 108 Å². The number of carbonyl (C=O) groups excluding carboxylic acids is 2. The Bertz CT molecular complexity index is 417. The number of rotatable bonds is 5. The van der Waals surface area contributed by atoms with Crippen molar-refractivity contribution < 1.29 is 19.1 Å². The Balaban J connectivity index is 2.74. The molecule has 0 saturated heterocycles. The van der Waals surface area contributed by atoms with Gasteiger partial charge in [-0.15, -0.1) is 0 Å². The van der Waals surface area contributed by atoms with Crippen molar-refractivity contribution in [2.75, 3.05) is 6.61 Å². The quantitative estimate of drug-likeness (QED) is 0.619. The lowest BCUT2D eigenvalue weighted by Gasteiger charge is -2.13. The smallest absolute Gasteiger partial charge is 0.347 e. The zero-order chi connectivity index (χ0) is 12.8. The summed E-state index contributed by atoms with van der Waals surface area (Å²) in [7, 11) is 0. The fourth-order valence-corrected chi connectivity index (χ4v) is 1.54. The van der Waals surface area contributed by atoms with Crippen LogP contribution in [-0.2, 0) is 9.53 Å². The number of hydrogen-bond acceptors (Lipinski definition) is 4. The average molecular weight is 301 g/mol. The Kier molecular flexibility index (Phi) is 5.15. The molecule has 0 bridgehead atoms. The molecular formula is C12H13BrO4. The average Bonchev–Trinajstić information content (AvgIpc) is 2.31. The van der Waals surface area contributed by atoms with E-state index >= 15 is 0 Å². The van der Waals surface area contributed by atoms with E-state index in [0.29, 0.717) is 28.7 Å². The van der Waals surface area contributed by atoms with Gasteiger partial charge in [0.1, 0.15) is 5.75 Å². The minimum Gasteiger partial charge on any atom is -0.479 e. The van der Waals surface area contributed by atoms with Crippen molar-refractivity contribution in [1.29, 1.82) is 0 Å². The van der Waals surface area contributed by atoms with Gasteiger partial charge in [-0.1, -0.05) is 15.9 Å². The molecule has 1 rings (SSSR count). The van der Waals surface area contributed by atoms with Gasteiger partial charge in [0, 0.05) is 10.0 Å². The monoisotopic (exact) mass is 300 g/mol. The van der Waals surface area contributed by atoms with Crippen LogP contribution in [0.4, 0.5) is 0 Å². The van der Waals surface area contributed by atoms with E-state index in [1.165, 1.54) is 0 Å². The normalized spacial score (nSPS) is 11.7. The van der Waals surface area contributed by atoms with Crippen molar-refractivity contribution in [2.24, 2.45) is 0 Å². The van der Waals surface area contributed by atoms with E-state index in [2.05, 4.69) is 15.9 Å². The third kappa shape index (κ3) is 3.85. The lowest BCUT2D eigenvalue weighted by atomic mass is 10.2. The highest BCUT2D eigenvalue weighted by Gasteiger charge is 2.16. The summed E-state index contributed by atoms with van der Waals surface area (Å²) in [5, 5.41) is 0. The molecule has 0 aliphatic carbocycles. The number of hydrogen-bond donors (Lipinski definition) is 0. The maximum absolute atomic E-state index is 11.3. The molecule has 1 atom stereocenters. The van der Waals surface area contributed by atoms with Crippen molar-refractivity contribution in [1.82, 2.24) is 0 Å². The second-order valence-corrected chi connectivity index (χ2v) is 4.17. The molecule has 0 aromatic heterocycles. The molecule has 92 valence electrons. The SMILES string of the molecule is CCOC(=O)[C@H](C)Oc1ccc(Br)c(C=O)c1. The molecule has 5 heteroatoms. The van der Waals surface area contributed by atoms with Gasteiger partial charge in [0.2, 0.25) is 0 Å². The van der Waals surface area contributed by atoms with Crippen LogP contribution < -0.4 is 4.74 Å². The predicted octanol–water partition coefficient (Wildman–Crippen LogP) is 2.59. The van der Waals surface area contributed by atoms with Gasteiger partial charge in [-0.05, 0) is 32.0 Å². The van der Waals surface area contributed by atoms with E-state index in [9.17, 15) is 9.59 Å². The molecule has 0 N–H and O–H groups in total. The molecule has 0 unspecified atom stereocenters. The van der Waals surface area contributed by atoms with Gasteiger partial charge >= 0.3 is 5.97 Å². The standard InChI is InChI=1S/C12H13BrO4/c1-3-16-12(15)8(2)17-10-4-5-11(13)9(6-10)7-14/h4-8H,3H2,1-2H3/t8-/m0/s1. The van der Waals surface area contributed by atoms with E-state index in [-0.39, 0.29) is 0 Å². The molecule has 1 aromatic rings. The molecule has 0 saturated carbocycles. The summed E-state index contributed by atoms with van der Waals surface area (Å²) >= 11 is 3.23. The first-order valence-corrected chi connectivity index (χ1v) is 5.95. The number of carbonyl (C=O) groups is 2. The minimum absolute atomic E-state index is 0.312. The van der Waals surface area contributed by atoms with E-state index in [1.54, 1.807) is 32.0 Å². The molecule has 0 radical (unpaired) electrons. The van der Waals surface area contributed by atoms with Gasteiger partial charge in [0.15, 0.2) is 12.4 Å². The molecule has 0 fully saturated rings. The Morgan fingerprint density at radius 1 is 1.53 bits per heavy atom. The van der Waals surface area contributed by atoms with Crippen LogP contribution in [0.3, 0.4) is 0 Å². The highest BCUT2D eigenvalue weighted by atomic mass is 79.9. The first-order chi connectivity index (χ1) is 8.08. The molecule has 0 spiro atoms. The van der Waals surface area contributed by atoms with Crippen molar-refractivity contribution in [3.05, 3.63) is 28.2 Å². The third-order valence-electron chi connectivity index (χ3n) is 2.03. The lowest BCUT2D eigenvalue weighted by molar-refractivity contribution is -0.150. The van der Waals surface area contributed by atoms with Crippen molar-refractivity contribution in [3.8, 4) is 5.75 Å². The van der Waals surface area contributed by atoms with E-state index in [1.807, 2.05) is 0 Å². The predicted molar refractivity (Wildman–Crippen MR) is 66.3 cm³/mol.